The number of rotatable bonds is 6. The molecule has 0 unspecified atom stereocenters. The molecule has 2 rings (SSSR count). The molecule has 3 N–H and O–H groups in total. The second-order valence-corrected chi connectivity index (χ2v) is 4.37. The van der Waals surface area contributed by atoms with Crippen molar-refractivity contribution in [3.05, 3.63) is 28.2 Å². The summed E-state index contributed by atoms with van der Waals surface area (Å²) in [6.07, 6.45) is 2.99. The molecule has 0 aliphatic rings. The molecule has 0 aliphatic heterocycles. The van der Waals surface area contributed by atoms with Gasteiger partial charge in [-0.2, -0.15) is 10.2 Å². The number of amides is 1. The van der Waals surface area contributed by atoms with E-state index in [4.69, 9.17) is 5.73 Å². The minimum Gasteiger partial charge on any atom is -0.368 e. The van der Waals surface area contributed by atoms with Crippen LogP contribution >= 0.6 is 0 Å². The smallest absolute Gasteiger partial charge is 0.334 e. The standard InChI is InChI=1S/C11H15N7O3/c1-3-17-11(10(18(20)21)7(2)15-17)14-8-4-13-16(5-8)6-9(12)19/h4-5,14H,3,6H2,1-2H3,(H2,12,19). The van der Waals surface area contributed by atoms with Gasteiger partial charge in [0.25, 0.3) is 0 Å². The molecule has 2 aromatic rings. The summed E-state index contributed by atoms with van der Waals surface area (Å²) in [6, 6.07) is 0. The molecule has 0 radical (unpaired) electrons. The zero-order valence-electron chi connectivity index (χ0n) is 11.6. The maximum Gasteiger partial charge on any atom is 0.334 e. The van der Waals surface area contributed by atoms with E-state index in [9.17, 15) is 14.9 Å². The molecule has 112 valence electrons. The highest BCUT2D eigenvalue weighted by Gasteiger charge is 2.25. The molecule has 0 bridgehead atoms. The molecule has 1 amide bonds. The van der Waals surface area contributed by atoms with Gasteiger partial charge in [-0.25, -0.2) is 4.68 Å². The predicted molar refractivity (Wildman–Crippen MR) is 74.0 cm³/mol. The van der Waals surface area contributed by atoms with Crippen molar-refractivity contribution in [3.8, 4) is 0 Å². The molecule has 0 aromatic carbocycles. The number of hydrogen-bond acceptors (Lipinski definition) is 6. The third kappa shape index (κ3) is 2.99. The SMILES string of the molecule is CCn1nc(C)c([N+](=O)[O-])c1Nc1cnn(CC(N)=O)c1. The van der Waals surface area contributed by atoms with Crippen LogP contribution in [-0.2, 0) is 17.9 Å². The zero-order chi connectivity index (χ0) is 15.6. The van der Waals surface area contributed by atoms with Gasteiger partial charge in [0, 0.05) is 12.7 Å². The van der Waals surface area contributed by atoms with Crippen molar-refractivity contribution in [2.24, 2.45) is 5.73 Å². The first-order valence-electron chi connectivity index (χ1n) is 6.22. The topological polar surface area (TPSA) is 134 Å². The van der Waals surface area contributed by atoms with E-state index >= 15 is 0 Å². The number of nitro groups is 1. The summed E-state index contributed by atoms with van der Waals surface area (Å²) in [7, 11) is 0. The average Bonchev–Trinajstić information content (AvgIpc) is 2.93. The van der Waals surface area contributed by atoms with Crippen molar-refractivity contribution >= 4 is 23.1 Å². The first kappa shape index (κ1) is 14.5. The minimum atomic E-state index is -0.523. The van der Waals surface area contributed by atoms with Gasteiger partial charge in [-0.05, 0) is 13.8 Å². The summed E-state index contributed by atoms with van der Waals surface area (Å²) in [5.41, 5.74) is 5.83. The van der Waals surface area contributed by atoms with E-state index in [1.165, 1.54) is 21.8 Å². The molecule has 2 heterocycles. The minimum absolute atomic E-state index is 0.0597. The van der Waals surface area contributed by atoms with Crippen LogP contribution < -0.4 is 11.1 Å². The van der Waals surface area contributed by atoms with Crippen LogP contribution in [0.5, 0.6) is 0 Å². The number of nitrogens with zero attached hydrogens (tertiary/aromatic N) is 5. The van der Waals surface area contributed by atoms with E-state index in [2.05, 4.69) is 15.5 Å². The Morgan fingerprint density at radius 2 is 2.29 bits per heavy atom. The van der Waals surface area contributed by atoms with Crippen molar-refractivity contribution in [1.82, 2.24) is 19.6 Å². The molecule has 0 atom stereocenters. The van der Waals surface area contributed by atoms with Gasteiger partial charge >= 0.3 is 5.69 Å². The molecular weight excluding hydrogens is 278 g/mol. The lowest BCUT2D eigenvalue weighted by Crippen LogP contribution is -2.18. The van der Waals surface area contributed by atoms with Crippen LogP contribution in [0.2, 0.25) is 0 Å². The zero-order valence-corrected chi connectivity index (χ0v) is 11.6. The molecule has 0 saturated heterocycles. The third-order valence-corrected chi connectivity index (χ3v) is 2.79. The van der Waals surface area contributed by atoms with Crippen LogP contribution in [0.1, 0.15) is 12.6 Å². The summed E-state index contributed by atoms with van der Waals surface area (Å²) in [5.74, 6) is -0.247. The van der Waals surface area contributed by atoms with Crippen LogP contribution in [0.25, 0.3) is 0 Å². The fourth-order valence-electron chi connectivity index (χ4n) is 1.95. The van der Waals surface area contributed by atoms with Crippen molar-refractivity contribution in [2.45, 2.75) is 26.9 Å². The van der Waals surface area contributed by atoms with Gasteiger partial charge in [-0.3, -0.25) is 19.6 Å². The number of carbonyl (C=O) groups excluding carboxylic acids is 1. The van der Waals surface area contributed by atoms with E-state index in [1.54, 1.807) is 6.92 Å². The maximum absolute atomic E-state index is 11.1. The number of primary amides is 1. The summed E-state index contributed by atoms with van der Waals surface area (Å²) in [4.78, 5) is 21.5. The van der Waals surface area contributed by atoms with Gasteiger partial charge < -0.3 is 11.1 Å². The Morgan fingerprint density at radius 3 is 2.86 bits per heavy atom. The van der Waals surface area contributed by atoms with E-state index in [0.29, 0.717) is 17.9 Å². The predicted octanol–water partition coefficient (Wildman–Crippen LogP) is 0.545. The van der Waals surface area contributed by atoms with Gasteiger partial charge in [-0.15, -0.1) is 0 Å². The van der Waals surface area contributed by atoms with Crippen LogP contribution in [0.15, 0.2) is 12.4 Å². The summed E-state index contributed by atoms with van der Waals surface area (Å²) < 4.78 is 2.84. The normalized spacial score (nSPS) is 10.6. The second-order valence-electron chi connectivity index (χ2n) is 4.37. The Morgan fingerprint density at radius 1 is 1.57 bits per heavy atom. The Hall–Kier alpha value is -2.91. The Balaban J connectivity index is 2.32. The monoisotopic (exact) mass is 293 g/mol. The van der Waals surface area contributed by atoms with Crippen LogP contribution in [0.3, 0.4) is 0 Å². The number of aryl methyl sites for hydroxylation is 2. The van der Waals surface area contributed by atoms with Crippen LogP contribution in [-0.4, -0.2) is 30.4 Å². The lowest BCUT2D eigenvalue weighted by atomic mass is 10.3. The molecule has 0 saturated carbocycles. The van der Waals surface area contributed by atoms with E-state index in [-0.39, 0.29) is 18.1 Å². The van der Waals surface area contributed by atoms with Crippen molar-refractivity contribution < 1.29 is 9.72 Å². The van der Waals surface area contributed by atoms with Gasteiger partial charge in [0.15, 0.2) is 0 Å². The molecule has 10 nitrogen and oxygen atoms in total. The highest BCUT2D eigenvalue weighted by Crippen LogP contribution is 2.30. The first-order chi connectivity index (χ1) is 9.92. The molecule has 10 heteroatoms. The van der Waals surface area contributed by atoms with Gasteiger partial charge in [0.2, 0.25) is 11.7 Å². The lowest BCUT2D eigenvalue weighted by molar-refractivity contribution is -0.384. The number of carbonyl (C=O) groups is 1. The fraction of sp³-hybridized carbons (Fsp3) is 0.364. The van der Waals surface area contributed by atoms with Gasteiger partial charge in [0.05, 0.1) is 16.8 Å². The first-order valence-corrected chi connectivity index (χ1v) is 6.22. The number of hydrogen-bond donors (Lipinski definition) is 2. The molecule has 0 fully saturated rings. The number of aromatic nitrogens is 4. The van der Waals surface area contributed by atoms with Gasteiger partial charge in [-0.1, -0.05) is 0 Å². The average molecular weight is 293 g/mol. The van der Waals surface area contributed by atoms with E-state index in [0.717, 1.165) is 0 Å². The second kappa shape index (κ2) is 5.61. The highest BCUT2D eigenvalue weighted by atomic mass is 16.6. The van der Waals surface area contributed by atoms with E-state index < -0.39 is 10.8 Å². The number of nitrogens with one attached hydrogen (secondary N) is 1. The Bertz CT molecular complexity index is 688. The van der Waals surface area contributed by atoms with Crippen LogP contribution in [0.4, 0.5) is 17.2 Å². The summed E-state index contributed by atoms with van der Waals surface area (Å²) >= 11 is 0. The van der Waals surface area contributed by atoms with Gasteiger partial charge in [0.1, 0.15) is 12.2 Å². The Labute approximate surface area is 119 Å². The van der Waals surface area contributed by atoms with Crippen LogP contribution in [0, 0.1) is 17.0 Å². The highest BCUT2D eigenvalue weighted by molar-refractivity contribution is 5.73. The quantitative estimate of drug-likeness (QED) is 0.589. The Kier molecular flexibility index (Phi) is 3.87. The summed E-state index contributed by atoms with van der Waals surface area (Å²) in [5, 5.41) is 22.1. The molecule has 21 heavy (non-hydrogen) atoms. The largest absolute Gasteiger partial charge is 0.368 e. The summed E-state index contributed by atoms with van der Waals surface area (Å²) in [6.45, 7) is 3.83. The molecular formula is C11H15N7O3. The molecule has 0 spiro atoms. The molecule has 2 aromatic heterocycles. The van der Waals surface area contributed by atoms with Crippen molar-refractivity contribution in [1.29, 1.82) is 0 Å². The lowest BCUT2D eigenvalue weighted by Gasteiger charge is -2.05. The fourth-order valence-corrected chi connectivity index (χ4v) is 1.95. The van der Waals surface area contributed by atoms with E-state index in [1.807, 2.05) is 6.92 Å². The third-order valence-electron chi connectivity index (χ3n) is 2.79. The van der Waals surface area contributed by atoms with Crippen molar-refractivity contribution in [3.63, 3.8) is 0 Å². The number of anilines is 2. The maximum atomic E-state index is 11.1. The van der Waals surface area contributed by atoms with Crippen molar-refractivity contribution in [2.75, 3.05) is 5.32 Å². The molecule has 0 aliphatic carbocycles. The number of nitrogens with two attached hydrogens (primary N) is 1.